The van der Waals surface area contributed by atoms with Crippen molar-refractivity contribution >= 4 is 5.69 Å². The lowest BCUT2D eigenvalue weighted by molar-refractivity contribution is -0.385. The Kier molecular flexibility index (Phi) is 4.62. The van der Waals surface area contributed by atoms with Crippen molar-refractivity contribution in [2.24, 2.45) is 0 Å². The van der Waals surface area contributed by atoms with Crippen molar-refractivity contribution in [1.29, 1.82) is 0 Å². The number of halogens is 1. The number of rotatable bonds is 3. The number of pyridine rings is 2. The van der Waals surface area contributed by atoms with Crippen LogP contribution in [0, 0.1) is 27.8 Å². The first-order valence-electron chi connectivity index (χ1n) is 7.12. The van der Waals surface area contributed by atoms with Crippen molar-refractivity contribution < 1.29 is 14.1 Å². The van der Waals surface area contributed by atoms with Crippen LogP contribution in [0.4, 0.5) is 10.1 Å². The number of nitrogens with zero attached hydrogens (tertiary/aromatic N) is 3. The summed E-state index contributed by atoms with van der Waals surface area (Å²) in [5.74, 6) is 5.03. The van der Waals surface area contributed by atoms with Gasteiger partial charge in [0, 0.05) is 30.7 Å². The van der Waals surface area contributed by atoms with E-state index in [1.165, 1.54) is 30.6 Å². The molecule has 0 amide bonds. The van der Waals surface area contributed by atoms with Gasteiger partial charge in [0.25, 0.3) is 5.69 Å². The molecule has 3 aromatic rings. The fourth-order valence-corrected chi connectivity index (χ4v) is 1.94. The van der Waals surface area contributed by atoms with Crippen molar-refractivity contribution in [2.75, 3.05) is 0 Å². The molecule has 0 radical (unpaired) electrons. The van der Waals surface area contributed by atoms with Crippen LogP contribution in [0.2, 0.25) is 0 Å². The first-order chi connectivity index (χ1) is 12.1. The smallest absolute Gasteiger partial charge is 0.272 e. The molecule has 2 heterocycles. The lowest BCUT2D eigenvalue weighted by atomic mass is 10.2. The Labute approximate surface area is 142 Å². The van der Waals surface area contributed by atoms with Gasteiger partial charge < -0.3 is 4.74 Å². The summed E-state index contributed by atoms with van der Waals surface area (Å²) in [6.07, 6.45) is 4.58. The van der Waals surface area contributed by atoms with Crippen LogP contribution in [0.15, 0.2) is 61.1 Å². The number of nitro groups is 1. The number of aromatic nitrogens is 2. The Morgan fingerprint density at radius 3 is 2.68 bits per heavy atom. The zero-order valence-electron chi connectivity index (χ0n) is 12.7. The minimum absolute atomic E-state index is 0.141. The first-order valence-corrected chi connectivity index (χ1v) is 7.12. The maximum atomic E-state index is 14.0. The standard InChI is InChI=1S/C18H10FN3O3/c19-16-11-15(22(23)24)6-7-18(16)25-17-8-10-20-12-13(17)4-5-14-3-1-2-9-21-14/h1-3,6-12H. The summed E-state index contributed by atoms with van der Waals surface area (Å²) in [6.45, 7) is 0. The molecule has 0 fully saturated rings. The molecule has 2 aromatic heterocycles. The monoisotopic (exact) mass is 335 g/mol. The molecule has 1 aromatic carbocycles. The van der Waals surface area contributed by atoms with Gasteiger partial charge in [-0.1, -0.05) is 12.0 Å². The highest BCUT2D eigenvalue weighted by atomic mass is 19.1. The predicted octanol–water partition coefficient (Wildman–Crippen LogP) is 3.72. The highest BCUT2D eigenvalue weighted by Crippen LogP contribution is 2.28. The molecule has 0 spiro atoms. The summed E-state index contributed by atoms with van der Waals surface area (Å²) in [4.78, 5) is 18.0. The Bertz CT molecular complexity index is 982. The molecule has 0 bridgehead atoms. The number of nitro benzene ring substituents is 1. The SMILES string of the molecule is O=[N+]([O-])c1ccc(Oc2ccncc2C#Cc2ccccn2)c(F)c1. The van der Waals surface area contributed by atoms with E-state index in [9.17, 15) is 14.5 Å². The molecular formula is C18H10FN3O3. The Hall–Kier alpha value is -3.79. The maximum Gasteiger partial charge on any atom is 0.272 e. The summed E-state index contributed by atoms with van der Waals surface area (Å²) >= 11 is 0. The molecule has 0 aliphatic heterocycles. The molecule has 7 heteroatoms. The molecule has 3 rings (SSSR count). The largest absolute Gasteiger partial charge is 0.453 e. The van der Waals surface area contributed by atoms with Crippen LogP contribution in [0.5, 0.6) is 11.5 Å². The van der Waals surface area contributed by atoms with Gasteiger partial charge in [-0.3, -0.25) is 15.1 Å². The number of hydrogen-bond acceptors (Lipinski definition) is 5. The summed E-state index contributed by atoms with van der Waals surface area (Å²) in [5, 5.41) is 10.7. The zero-order valence-corrected chi connectivity index (χ0v) is 12.7. The highest BCUT2D eigenvalue weighted by Gasteiger charge is 2.13. The van der Waals surface area contributed by atoms with Gasteiger partial charge in [0.2, 0.25) is 0 Å². The van der Waals surface area contributed by atoms with Crippen LogP contribution in [0.1, 0.15) is 11.3 Å². The van der Waals surface area contributed by atoms with Crippen molar-refractivity contribution in [2.45, 2.75) is 0 Å². The van der Waals surface area contributed by atoms with E-state index in [4.69, 9.17) is 4.74 Å². The summed E-state index contributed by atoms with van der Waals surface area (Å²) in [6, 6.07) is 10.0. The fourth-order valence-electron chi connectivity index (χ4n) is 1.94. The third-order valence-corrected chi connectivity index (χ3v) is 3.12. The van der Waals surface area contributed by atoms with Crippen molar-refractivity contribution in [3.8, 4) is 23.3 Å². The molecule has 0 aliphatic rings. The Morgan fingerprint density at radius 1 is 1.08 bits per heavy atom. The minimum Gasteiger partial charge on any atom is -0.453 e. The van der Waals surface area contributed by atoms with E-state index < -0.39 is 10.7 Å². The number of benzene rings is 1. The molecule has 0 saturated heterocycles. The van der Waals surface area contributed by atoms with Gasteiger partial charge >= 0.3 is 0 Å². The van der Waals surface area contributed by atoms with Crippen LogP contribution in [0.3, 0.4) is 0 Å². The lowest BCUT2D eigenvalue weighted by Gasteiger charge is -2.08. The van der Waals surface area contributed by atoms with Crippen molar-refractivity contribution in [1.82, 2.24) is 9.97 Å². The van der Waals surface area contributed by atoms with Gasteiger partial charge in [0.15, 0.2) is 11.6 Å². The van der Waals surface area contributed by atoms with Gasteiger partial charge in [-0.15, -0.1) is 0 Å². The minimum atomic E-state index is -0.838. The number of ether oxygens (including phenoxy) is 1. The summed E-state index contributed by atoms with van der Waals surface area (Å²) in [5.41, 5.74) is 0.652. The quantitative estimate of drug-likeness (QED) is 0.414. The normalized spacial score (nSPS) is 9.80. The Balaban J connectivity index is 1.90. The van der Waals surface area contributed by atoms with E-state index in [-0.39, 0.29) is 17.2 Å². The molecule has 0 atom stereocenters. The zero-order chi connectivity index (χ0) is 17.6. The third kappa shape index (κ3) is 3.95. The topological polar surface area (TPSA) is 78.2 Å². The molecule has 0 unspecified atom stereocenters. The summed E-state index contributed by atoms with van der Waals surface area (Å²) < 4.78 is 19.5. The lowest BCUT2D eigenvalue weighted by Crippen LogP contribution is -1.94. The van der Waals surface area contributed by atoms with Crippen LogP contribution in [-0.4, -0.2) is 14.9 Å². The molecule has 0 aliphatic carbocycles. The number of non-ortho nitro benzene ring substituents is 1. The molecule has 122 valence electrons. The van der Waals surface area contributed by atoms with E-state index >= 15 is 0 Å². The molecule has 6 nitrogen and oxygen atoms in total. The van der Waals surface area contributed by atoms with E-state index in [0.29, 0.717) is 11.3 Å². The predicted molar refractivity (Wildman–Crippen MR) is 87.6 cm³/mol. The van der Waals surface area contributed by atoms with E-state index in [2.05, 4.69) is 21.8 Å². The van der Waals surface area contributed by atoms with E-state index in [0.717, 1.165) is 6.07 Å². The maximum absolute atomic E-state index is 14.0. The van der Waals surface area contributed by atoms with Gasteiger partial charge in [-0.05, 0) is 24.1 Å². The second-order valence-electron chi connectivity index (χ2n) is 4.81. The van der Waals surface area contributed by atoms with Gasteiger partial charge in [0.05, 0.1) is 16.6 Å². The number of hydrogen-bond donors (Lipinski definition) is 0. The first kappa shape index (κ1) is 16.1. The Morgan fingerprint density at radius 2 is 1.96 bits per heavy atom. The van der Waals surface area contributed by atoms with Crippen LogP contribution >= 0.6 is 0 Å². The van der Waals surface area contributed by atoms with Crippen molar-refractivity contribution in [3.63, 3.8) is 0 Å². The van der Waals surface area contributed by atoms with Crippen LogP contribution in [-0.2, 0) is 0 Å². The van der Waals surface area contributed by atoms with E-state index in [1.54, 1.807) is 18.3 Å². The van der Waals surface area contributed by atoms with Crippen molar-refractivity contribution in [3.05, 3.63) is 88.2 Å². The highest BCUT2D eigenvalue weighted by molar-refractivity contribution is 5.49. The second-order valence-corrected chi connectivity index (χ2v) is 4.81. The van der Waals surface area contributed by atoms with Crippen LogP contribution in [0.25, 0.3) is 0 Å². The molecule has 0 N–H and O–H groups in total. The van der Waals surface area contributed by atoms with Crippen LogP contribution < -0.4 is 4.74 Å². The van der Waals surface area contributed by atoms with Gasteiger partial charge in [-0.25, -0.2) is 9.37 Å². The molecule has 0 saturated carbocycles. The third-order valence-electron chi connectivity index (χ3n) is 3.12. The van der Waals surface area contributed by atoms with Gasteiger partial charge in [-0.2, -0.15) is 0 Å². The van der Waals surface area contributed by atoms with E-state index in [1.807, 2.05) is 6.07 Å². The average molecular weight is 335 g/mol. The molecule has 25 heavy (non-hydrogen) atoms. The average Bonchev–Trinajstić information content (AvgIpc) is 2.63. The second kappa shape index (κ2) is 7.19. The van der Waals surface area contributed by atoms with Gasteiger partial charge in [0.1, 0.15) is 11.4 Å². The molecular weight excluding hydrogens is 325 g/mol. The summed E-state index contributed by atoms with van der Waals surface area (Å²) in [7, 11) is 0. The fraction of sp³-hybridized carbons (Fsp3) is 0.